The normalized spacial score (nSPS) is 11.4. The number of carbonyl (C=O) groups excluding carboxylic acids is 1. The number of carbonyl (C=O) groups is 1. The molecule has 9 heteroatoms. The van der Waals surface area contributed by atoms with Gasteiger partial charge in [-0.2, -0.15) is 4.98 Å². The number of nitrogens with zero attached hydrogens (tertiary/aromatic N) is 1. The number of fused-ring (bicyclic) bond motifs is 1. The number of hydrogen-bond acceptors (Lipinski definition) is 5. The number of H-pyrrole nitrogens is 1. The molecule has 1 heterocycles. The molecule has 0 unspecified atom stereocenters. The van der Waals surface area contributed by atoms with Crippen molar-refractivity contribution >= 4 is 38.6 Å². The highest BCUT2D eigenvalue weighted by atomic mass is 35.5. The molecule has 0 atom stereocenters. The van der Waals surface area contributed by atoms with Gasteiger partial charge in [0, 0.05) is 11.1 Å². The molecule has 36 heavy (non-hydrogen) atoms. The molecular weight excluding hydrogens is 498 g/mol. The van der Waals surface area contributed by atoms with Crippen LogP contribution in [-0.2, 0) is 10.0 Å². The summed E-state index contributed by atoms with van der Waals surface area (Å²) in [5.41, 5.74) is 5.52. The van der Waals surface area contributed by atoms with E-state index in [9.17, 15) is 13.2 Å². The summed E-state index contributed by atoms with van der Waals surface area (Å²) in [6, 6.07) is 28.3. The van der Waals surface area contributed by atoms with Crippen molar-refractivity contribution in [1.29, 1.82) is 0 Å². The van der Waals surface area contributed by atoms with Gasteiger partial charge in [-0.1, -0.05) is 72.3 Å². The lowest BCUT2D eigenvalue weighted by molar-refractivity contribution is 0.0981. The highest BCUT2D eigenvalue weighted by molar-refractivity contribution is 7.89. The number of nitrogens with one attached hydrogen (secondary N) is 2. The Hall–Kier alpha value is -4.14. The quantitative estimate of drug-likeness (QED) is 0.286. The van der Waals surface area contributed by atoms with Gasteiger partial charge in [-0.3, -0.25) is 4.79 Å². The van der Waals surface area contributed by atoms with Crippen molar-refractivity contribution in [2.24, 2.45) is 0 Å². The molecule has 0 aliphatic rings. The molecule has 5 aromatic rings. The molecule has 0 fully saturated rings. The number of hydrogen-bond donors (Lipinski definition) is 2. The maximum Gasteiger partial charge on any atom is 0.300 e. The molecule has 1 amide bonds. The van der Waals surface area contributed by atoms with Gasteiger partial charge in [0.2, 0.25) is 10.0 Å². The number of halogens is 1. The maximum atomic E-state index is 12.1. The molecule has 0 radical (unpaired) electrons. The summed E-state index contributed by atoms with van der Waals surface area (Å²) in [7, 11) is -3.68. The predicted octanol–water partition coefficient (Wildman–Crippen LogP) is 6.03. The van der Waals surface area contributed by atoms with Crippen LogP contribution in [-0.4, -0.2) is 30.5 Å². The monoisotopic (exact) mass is 517 g/mol. The summed E-state index contributed by atoms with van der Waals surface area (Å²) in [6.45, 7) is 0. The lowest BCUT2D eigenvalue weighted by Crippen LogP contribution is -2.29. The first kappa shape index (κ1) is 23.6. The molecule has 0 spiro atoms. The van der Waals surface area contributed by atoms with E-state index in [4.69, 9.17) is 16.3 Å². The molecule has 1 aromatic heterocycles. The van der Waals surface area contributed by atoms with E-state index in [1.165, 1.54) is 12.1 Å². The predicted molar refractivity (Wildman–Crippen MR) is 141 cm³/mol. The number of imidazole rings is 1. The Morgan fingerprint density at radius 3 is 2.31 bits per heavy atom. The molecule has 0 aliphatic heterocycles. The SMILES string of the molecule is CS(=O)(=O)NC(=O)c1cccc(Oc2nc3cc(-c4ccc(-c5ccccc5)cc4)c(Cl)cc3[nH]2)c1. The van der Waals surface area contributed by atoms with Crippen LogP contribution in [0.1, 0.15) is 10.4 Å². The summed E-state index contributed by atoms with van der Waals surface area (Å²) >= 11 is 6.59. The van der Waals surface area contributed by atoms with E-state index < -0.39 is 15.9 Å². The van der Waals surface area contributed by atoms with Crippen LogP contribution in [0.3, 0.4) is 0 Å². The van der Waals surface area contributed by atoms with Crippen molar-refractivity contribution in [3.05, 3.63) is 102 Å². The van der Waals surface area contributed by atoms with Crippen molar-refractivity contribution in [2.45, 2.75) is 0 Å². The van der Waals surface area contributed by atoms with Gasteiger partial charge in [0.1, 0.15) is 5.75 Å². The lowest BCUT2D eigenvalue weighted by atomic mass is 10.00. The average Bonchev–Trinajstić information content (AvgIpc) is 3.24. The van der Waals surface area contributed by atoms with Gasteiger partial charge < -0.3 is 9.72 Å². The fourth-order valence-corrected chi connectivity index (χ4v) is 4.52. The van der Waals surface area contributed by atoms with Crippen LogP contribution in [0, 0.1) is 0 Å². The van der Waals surface area contributed by atoms with Crippen molar-refractivity contribution < 1.29 is 17.9 Å². The molecule has 7 nitrogen and oxygen atoms in total. The summed E-state index contributed by atoms with van der Waals surface area (Å²) in [4.78, 5) is 19.7. The van der Waals surface area contributed by atoms with Crippen LogP contribution in [0.25, 0.3) is 33.3 Å². The Balaban J connectivity index is 1.40. The third kappa shape index (κ3) is 5.25. The van der Waals surface area contributed by atoms with Gasteiger partial charge in [-0.25, -0.2) is 13.1 Å². The first-order valence-electron chi connectivity index (χ1n) is 10.9. The summed E-state index contributed by atoms with van der Waals surface area (Å²) in [6.07, 6.45) is 0.913. The minimum absolute atomic E-state index is 0.137. The molecule has 0 aliphatic carbocycles. The van der Waals surface area contributed by atoms with Crippen molar-refractivity contribution in [2.75, 3.05) is 6.26 Å². The zero-order valence-corrected chi connectivity index (χ0v) is 20.6. The van der Waals surface area contributed by atoms with Crippen molar-refractivity contribution in [3.63, 3.8) is 0 Å². The highest BCUT2D eigenvalue weighted by Crippen LogP contribution is 2.34. The Kier molecular flexibility index (Phi) is 6.22. The van der Waals surface area contributed by atoms with Crippen LogP contribution in [0.15, 0.2) is 91.0 Å². The smallest absolute Gasteiger partial charge is 0.300 e. The summed E-state index contributed by atoms with van der Waals surface area (Å²) < 4.78 is 30.4. The average molecular weight is 518 g/mol. The first-order chi connectivity index (χ1) is 17.2. The van der Waals surface area contributed by atoms with Gasteiger partial charge in [-0.15, -0.1) is 0 Å². The number of benzene rings is 4. The number of rotatable bonds is 6. The minimum atomic E-state index is -3.68. The zero-order chi connectivity index (χ0) is 25.3. The Morgan fingerprint density at radius 1 is 0.889 bits per heavy atom. The second-order valence-electron chi connectivity index (χ2n) is 8.17. The van der Waals surface area contributed by atoms with E-state index in [-0.39, 0.29) is 11.6 Å². The van der Waals surface area contributed by atoms with E-state index in [2.05, 4.69) is 34.2 Å². The number of ether oxygens (including phenoxy) is 1. The third-order valence-corrected chi connectivity index (χ3v) is 6.31. The summed E-state index contributed by atoms with van der Waals surface area (Å²) in [5.74, 6) is -0.430. The van der Waals surface area contributed by atoms with Gasteiger partial charge in [0.15, 0.2) is 0 Å². The molecule has 2 N–H and O–H groups in total. The fraction of sp³-hybridized carbons (Fsp3) is 0.0370. The first-order valence-corrected chi connectivity index (χ1v) is 13.2. The second kappa shape index (κ2) is 9.49. The molecule has 0 bridgehead atoms. The summed E-state index contributed by atoms with van der Waals surface area (Å²) in [5, 5.41) is 0.560. The van der Waals surface area contributed by atoms with Crippen LogP contribution < -0.4 is 9.46 Å². The van der Waals surface area contributed by atoms with Gasteiger partial charge in [0.05, 0.1) is 22.3 Å². The molecule has 180 valence electrons. The van der Waals surface area contributed by atoms with Crippen LogP contribution >= 0.6 is 11.6 Å². The van der Waals surface area contributed by atoms with E-state index in [0.29, 0.717) is 21.8 Å². The number of aromatic nitrogens is 2. The van der Waals surface area contributed by atoms with Crippen molar-refractivity contribution in [1.82, 2.24) is 14.7 Å². The third-order valence-electron chi connectivity index (χ3n) is 5.44. The number of sulfonamides is 1. The second-order valence-corrected chi connectivity index (χ2v) is 10.3. The number of aromatic amines is 1. The van der Waals surface area contributed by atoms with Gasteiger partial charge >= 0.3 is 0 Å². The molecule has 0 saturated carbocycles. The van der Waals surface area contributed by atoms with E-state index in [1.54, 1.807) is 18.2 Å². The van der Waals surface area contributed by atoms with Crippen molar-refractivity contribution in [3.8, 4) is 34.0 Å². The Morgan fingerprint density at radius 2 is 1.58 bits per heavy atom. The zero-order valence-electron chi connectivity index (χ0n) is 19.0. The van der Waals surface area contributed by atoms with E-state index in [1.807, 2.05) is 41.1 Å². The molecule has 0 saturated heterocycles. The molecule has 5 rings (SSSR count). The Bertz CT molecular complexity index is 1680. The van der Waals surface area contributed by atoms with Gasteiger partial charge in [-0.05, 0) is 47.0 Å². The fourth-order valence-electron chi connectivity index (χ4n) is 3.79. The molecular formula is C27H20ClN3O4S. The molecule has 4 aromatic carbocycles. The van der Waals surface area contributed by atoms with Gasteiger partial charge in [0.25, 0.3) is 11.9 Å². The van der Waals surface area contributed by atoms with Crippen LogP contribution in [0.2, 0.25) is 5.02 Å². The standard InChI is InChI=1S/C27H20ClN3O4S/c1-36(33,34)31-26(32)20-8-5-9-21(14-20)35-27-29-24-15-22(23(28)16-25(24)30-27)19-12-10-18(11-13-19)17-6-3-2-4-7-17/h2-16H,1H3,(H,29,30)(H,31,32). The highest BCUT2D eigenvalue weighted by Gasteiger charge is 2.14. The lowest BCUT2D eigenvalue weighted by Gasteiger charge is -2.07. The minimum Gasteiger partial charge on any atom is -0.426 e. The maximum absolute atomic E-state index is 12.1. The Labute approximate surface area is 212 Å². The largest absolute Gasteiger partial charge is 0.426 e. The van der Waals surface area contributed by atoms with E-state index >= 15 is 0 Å². The van der Waals surface area contributed by atoms with Crippen LogP contribution in [0.4, 0.5) is 0 Å². The number of amides is 1. The van der Waals surface area contributed by atoms with E-state index in [0.717, 1.165) is 28.5 Å². The topological polar surface area (TPSA) is 101 Å². The van der Waals surface area contributed by atoms with Crippen LogP contribution in [0.5, 0.6) is 11.8 Å².